The first-order chi connectivity index (χ1) is 14.1. The summed E-state index contributed by atoms with van der Waals surface area (Å²) in [7, 11) is 0. The first-order valence-corrected chi connectivity index (χ1v) is 11.6. The SMILES string of the molecule is CCCCC(=O)N(CC(=O)N1CCc2sccc2[C@@H]1c1ccccc1)[C@H](C)CC. The fourth-order valence-electron chi connectivity index (χ4n) is 4.00. The van der Waals surface area contributed by atoms with Crippen LogP contribution in [0.2, 0.25) is 0 Å². The fourth-order valence-corrected chi connectivity index (χ4v) is 4.90. The average molecular weight is 413 g/mol. The lowest BCUT2D eigenvalue weighted by Crippen LogP contribution is -2.49. The molecule has 0 fully saturated rings. The van der Waals surface area contributed by atoms with Crippen LogP contribution in [-0.4, -0.2) is 40.7 Å². The van der Waals surface area contributed by atoms with E-state index in [1.54, 1.807) is 16.2 Å². The number of unbranched alkanes of at least 4 members (excludes halogenated alkanes) is 1. The number of benzene rings is 1. The van der Waals surface area contributed by atoms with Gasteiger partial charge >= 0.3 is 0 Å². The van der Waals surface area contributed by atoms with Crippen molar-refractivity contribution in [2.75, 3.05) is 13.1 Å². The number of carbonyl (C=O) groups excluding carboxylic acids is 2. The molecular formula is C24H32N2O2S. The van der Waals surface area contributed by atoms with Gasteiger partial charge in [0, 0.05) is 23.9 Å². The van der Waals surface area contributed by atoms with Gasteiger partial charge in [0.05, 0.1) is 6.04 Å². The molecule has 0 spiro atoms. The summed E-state index contributed by atoms with van der Waals surface area (Å²) in [5, 5.41) is 2.12. The molecule has 0 saturated carbocycles. The maximum atomic E-state index is 13.5. The molecule has 4 nitrogen and oxygen atoms in total. The Morgan fingerprint density at radius 2 is 1.97 bits per heavy atom. The number of rotatable bonds is 8. The monoisotopic (exact) mass is 412 g/mol. The van der Waals surface area contributed by atoms with E-state index in [0.717, 1.165) is 31.2 Å². The van der Waals surface area contributed by atoms with Crippen molar-refractivity contribution >= 4 is 23.2 Å². The lowest BCUT2D eigenvalue weighted by Gasteiger charge is -2.38. The van der Waals surface area contributed by atoms with Crippen molar-refractivity contribution < 1.29 is 9.59 Å². The second kappa shape index (κ2) is 10.1. The van der Waals surface area contributed by atoms with Crippen LogP contribution in [0.5, 0.6) is 0 Å². The first-order valence-electron chi connectivity index (χ1n) is 10.8. The molecule has 2 aromatic rings. The predicted octanol–water partition coefficient (Wildman–Crippen LogP) is 5.04. The quantitative estimate of drug-likeness (QED) is 0.609. The van der Waals surface area contributed by atoms with Crippen LogP contribution in [0.4, 0.5) is 0 Å². The lowest BCUT2D eigenvalue weighted by molar-refractivity contribution is -0.143. The van der Waals surface area contributed by atoms with Crippen LogP contribution in [0.25, 0.3) is 0 Å². The van der Waals surface area contributed by atoms with Crippen LogP contribution in [0.15, 0.2) is 41.8 Å². The molecule has 0 saturated heterocycles. The Morgan fingerprint density at radius 1 is 1.21 bits per heavy atom. The van der Waals surface area contributed by atoms with Gasteiger partial charge in [0.2, 0.25) is 11.8 Å². The lowest BCUT2D eigenvalue weighted by atomic mass is 9.93. The summed E-state index contributed by atoms with van der Waals surface area (Å²) in [6, 6.07) is 12.4. The van der Waals surface area contributed by atoms with Gasteiger partial charge in [-0.25, -0.2) is 0 Å². The fraction of sp³-hybridized carbons (Fsp3) is 0.500. The number of fused-ring (bicyclic) bond motifs is 1. The second-order valence-electron chi connectivity index (χ2n) is 7.83. The minimum Gasteiger partial charge on any atom is -0.331 e. The zero-order chi connectivity index (χ0) is 20.8. The van der Waals surface area contributed by atoms with Crippen LogP contribution >= 0.6 is 11.3 Å². The standard InChI is InChI=1S/C24H32N2O2S/c1-4-6-12-22(27)26(18(3)5-2)17-23(28)25-15-13-21-20(14-16-29-21)24(25)19-10-8-7-9-11-19/h7-11,14,16,18,24H,4-6,12-13,15,17H2,1-3H3/t18-,24+/m1/s1. The van der Waals surface area contributed by atoms with Gasteiger partial charge < -0.3 is 9.80 Å². The number of hydrogen-bond acceptors (Lipinski definition) is 3. The highest BCUT2D eigenvalue weighted by molar-refractivity contribution is 7.10. The van der Waals surface area contributed by atoms with Gasteiger partial charge in [-0.15, -0.1) is 11.3 Å². The molecule has 1 aromatic heterocycles. The summed E-state index contributed by atoms with van der Waals surface area (Å²) >= 11 is 1.77. The third-order valence-corrected chi connectivity index (χ3v) is 6.89. The molecule has 1 aromatic carbocycles. The Bertz CT molecular complexity index is 817. The van der Waals surface area contributed by atoms with Gasteiger partial charge in [0.1, 0.15) is 6.54 Å². The van der Waals surface area contributed by atoms with Gasteiger partial charge in [-0.1, -0.05) is 50.6 Å². The smallest absolute Gasteiger partial charge is 0.243 e. The zero-order valence-electron chi connectivity index (χ0n) is 17.8. The van der Waals surface area contributed by atoms with Gasteiger partial charge in [-0.3, -0.25) is 9.59 Å². The molecule has 5 heteroatoms. The Balaban J connectivity index is 1.85. The van der Waals surface area contributed by atoms with E-state index in [1.807, 2.05) is 30.0 Å². The topological polar surface area (TPSA) is 40.6 Å². The van der Waals surface area contributed by atoms with E-state index in [1.165, 1.54) is 10.4 Å². The molecule has 0 aliphatic carbocycles. The Labute approximate surface area is 178 Å². The van der Waals surface area contributed by atoms with Crippen LogP contribution in [0.1, 0.15) is 68.5 Å². The van der Waals surface area contributed by atoms with Crippen molar-refractivity contribution in [1.29, 1.82) is 0 Å². The van der Waals surface area contributed by atoms with E-state index in [2.05, 4.69) is 37.4 Å². The van der Waals surface area contributed by atoms with Crippen LogP contribution < -0.4 is 0 Å². The number of thiophene rings is 1. The summed E-state index contributed by atoms with van der Waals surface area (Å²) in [6.45, 7) is 7.06. The summed E-state index contributed by atoms with van der Waals surface area (Å²) in [5.74, 6) is 0.139. The Hall–Kier alpha value is -2.14. The molecule has 156 valence electrons. The van der Waals surface area contributed by atoms with Crippen LogP contribution in [-0.2, 0) is 16.0 Å². The Kier molecular flexibility index (Phi) is 7.48. The van der Waals surface area contributed by atoms with Gasteiger partial charge in [0.25, 0.3) is 0 Å². The van der Waals surface area contributed by atoms with Crippen LogP contribution in [0.3, 0.4) is 0 Å². The highest BCUT2D eigenvalue weighted by atomic mass is 32.1. The molecule has 2 atom stereocenters. The molecule has 0 N–H and O–H groups in total. The minimum atomic E-state index is -0.0665. The van der Waals surface area contributed by atoms with Crippen molar-refractivity contribution in [1.82, 2.24) is 9.80 Å². The number of amides is 2. The van der Waals surface area contributed by atoms with Gasteiger partial charge in [-0.05, 0) is 48.8 Å². The van der Waals surface area contributed by atoms with Crippen molar-refractivity contribution in [2.45, 2.75) is 65.0 Å². The van der Waals surface area contributed by atoms with Crippen LogP contribution in [0, 0.1) is 0 Å². The van der Waals surface area contributed by atoms with Gasteiger partial charge in [-0.2, -0.15) is 0 Å². The summed E-state index contributed by atoms with van der Waals surface area (Å²) in [5.41, 5.74) is 2.36. The summed E-state index contributed by atoms with van der Waals surface area (Å²) in [6.07, 6.45) is 4.10. The molecule has 0 radical (unpaired) electrons. The first kappa shape index (κ1) is 21.6. The van der Waals surface area contributed by atoms with Crippen molar-refractivity contribution in [3.05, 3.63) is 57.8 Å². The highest BCUT2D eigenvalue weighted by Gasteiger charge is 2.34. The molecule has 29 heavy (non-hydrogen) atoms. The van der Waals surface area contributed by atoms with Crippen molar-refractivity contribution in [2.24, 2.45) is 0 Å². The van der Waals surface area contributed by atoms with E-state index in [0.29, 0.717) is 13.0 Å². The Morgan fingerprint density at radius 3 is 2.66 bits per heavy atom. The molecule has 1 aliphatic rings. The second-order valence-corrected chi connectivity index (χ2v) is 8.83. The highest BCUT2D eigenvalue weighted by Crippen LogP contribution is 2.37. The third-order valence-electron chi connectivity index (χ3n) is 5.89. The van der Waals surface area contributed by atoms with E-state index < -0.39 is 0 Å². The van der Waals surface area contributed by atoms with E-state index >= 15 is 0 Å². The van der Waals surface area contributed by atoms with Gasteiger partial charge in [0.15, 0.2) is 0 Å². The average Bonchev–Trinajstić information content (AvgIpc) is 3.23. The zero-order valence-corrected chi connectivity index (χ0v) is 18.6. The molecule has 1 aliphatic heterocycles. The predicted molar refractivity (Wildman–Crippen MR) is 119 cm³/mol. The molecular weight excluding hydrogens is 380 g/mol. The van der Waals surface area contributed by atoms with Crippen molar-refractivity contribution in [3.63, 3.8) is 0 Å². The summed E-state index contributed by atoms with van der Waals surface area (Å²) in [4.78, 5) is 31.4. The number of hydrogen-bond donors (Lipinski definition) is 0. The number of carbonyl (C=O) groups is 2. The molecule has 0 bridgehead atoms. The molecule has 3 rings (SSSR count). The van der Waals surface area contributed by atoms with E-state index in [-0.39, 0.29) is 30.4 Å². The van der Waals surface area contributed by atoms with Crippen molar-refractivity contribution in [3.8, 4) is 0 Å². The van der Waals surface area contributed by atoms with E-state index in [9.17, 15) is 9.59 Å². The largest absolute Gasteiger partial charge is 0.331 e. The number of nitrogens with zero attached hydrogens (tertiary/aromatic N) is 2. The maximum absolute atomic E-state index is 13.5. The molecule has 0 unspecified atom stereocenters. The van der Waals surface area contributed by atoms with E-state index in [4.69, 9.17) is 0 Å². The normalized spacial score (nSPS) is 16.9. The minimum absolute atomic E-state index is 0.0425. The summed E-state index contributed by atoms with van der Waals surface area (Å²) < 4.78 is 0. The third kappa shape index (κ3) is 4.89. The molecule has 2 amide bonds. The maximum Gasteiger partial charge on any atom is 0.243 e. The molecule has 2 heterocycles.